The molecule has 2 atom stereocenters. The summed E-state index contributed by atoms with van der Waals surface area (Å²) in [5, 5.41) is 9.75. The van der Waals surface area contributed by atoms with Crippen molar-refractivity contribution in [2.45, 2.75) is 17.2 Å². The van der Waals surface area contributed by atoms with E-state index < -0.39 is 9.84 Å². The third-order valence-corrected chi connectivity index (χ3v) is 6.04. The minimum absolute atomic E-state index is 0.0105. The standard InChI is InChI=1S/C17H18O3S/c18-11-14(10-13-6-2-1-3-7-13)16-12-21(19,20)17-9-5-4-8-15(16)17/h1-9,14,16,18H,10-12H2. The minimum atomic E-state index is -3.21. The van der Waals surface area contributed by atoms with Gasteiger partial charge >= 0.3 is 0 Å². The predicted octanol–water partition coefficient (Wildman–Crippen LogP) is 2.41. The van der Waals surface area contributed by atoms with Gasteiger partial charge in [-0.3, -0.25) is 0 Å². The first kappa shape index (κ1) is 14.3. The van der Waals surface area contributed by atoms with E-state index in [9.17, 15) is 13.5 Å². The van der Waals surface area contributed by atoms with E-state index in [2.05, 4.69) is 0 Å². The Morgan fingerprint density at radius 3 is 2.43 bits per heavy atom. The summed E-state index contributed by atoms with van der Waals surface area (Å²) >= 11 is 0. The maximum atomic E-state index is 12.3. The molecular weight excluding hydrogens is 284 g/mol. The minimum Gasteiger partial charge on any atom is -0.396 e. The van der Waals surface area contributed by atoms with Gasteiger partial charge < -0.3 is 5.11 Å². The molecule has 3 nitrogen and oxygen atoms in total. The van der Waals surface area contributed by atoms with Crippen LogP contribution in [0.4, 0.5) is 0 Å². The molecule has 1 aliphatic heterocycles. The van der Waals surface area contributed by atoms with Crippen LogP contribution in [0, 0.1) is 5.92 Å². The van der Waals surface area contributed by atoms with Crippen LogP contribution in [0.3, 0.4) is 0 Å². The number of rotatable bonds is 4. The monoisotopic (exact) mass is 302 g/mol. The van der Waals surface area contributed by atoms with Crippen molar-refractivity contribution >= 4 is 9.84 Å². The first-order chi connectivity index (χ1) is 10.1. The summed E-state index contributed by atoms with van der Waals surface area (Å²) in [6.07, 6.45) is 0.686. The molecule has 0 aliphatic carbocycles. The van der Waals surface area contributed by atoms with Crippen molar-refractivity contribution in [3.05, 3.63) is 65.7 Å². The molecule has 0 spiro atoms. The molecule has 0 saturated heterocycles. The quantitative estimate of drug-likeness (QED) is 0.943. The fraction of sp³-hybridized carbons (Fsp3) is 0.294. The molecule has 0 fully saturated rings. The fourth-order valence-corrected chi connectivity index (χ4v) is 5.10. The predicted molar refractivity (Wildman–Crippen MR) is 82.0 cm³/mol. The van der Waals surface area contributed by atoms with Crippen molar-refractivity contribution < 1.29 is 13.5 Å². The van der Waals surface area contributed by atoms with Crippen molar-refractivity contribution in [2.24, 2.45) is 5.92 Å². The van der Waals surface area contributed by atoms with E-state index in [0.29, 0.717) is 11.3 Å². The molecule has 3 rings (SSSR count). The third-order valence-electron chi connectivity index (χ3n) is 4.20. The Bertz CT molecular complexity index is 723. The van der Waals surface area contributed by atoms with E-state index in [-0.39, 0.29) is 24.2 Å². The van der Waals surface area contributed by atoms with E-state index in [0.717, 1.165) is 11.1 Å². The Kier molecular flexibility index (Phi) is 3.83. The summed E-state index contributed by atoms with van der Waals surface area (Å²) in [7, 11) is -3.21. The highest BCUT2D eigenvalue weighted by molar-refractivity contribution is 7.91. The fourth-order valence-electron chi connectivity index (χ4n) is 3.13. The summed E-state index contributed by atoms with van der Waals surface area (Å²) in [4.78, 5) is 0.432. The van der Waals surface area contributed by atoms with Crippen molar-refractivity contribution in [2.75, 3.05) is 12.4 Å². The van der Waals surface area contributed by atoms with E-state index in [1.165, 1.54) is 0 Å². The van der Waals surface area contributed by atoms with Crippen molar-refractivity contribution in [1.29, 1.82) is 0 Å². The first-order valence-electron chi connectivity index (χ1n) is 7.08. The smallest absolute Gasteiger partial charge is 0.179 e. The molecule has 1 aliphatic rings. The highest BCUT2D eigenvalue weighted by Gasteiger charge is 2.38. The maximum Gasteiger partial charge on any atom is 0.179 e. The van der Waals surface area contributed by atoms with Gasteiger partial charge in [0.1, 0.15) is 0 Å². The second-order valence-electron chi connectivity index (χ2n) is 5.56. The van der Waals surface area contributed by atoms with Crippen LogP contribution >= 0.6 is 0 Å². The topological polar surface area (TPSA) is 54.4 Å². The molecule has 0 saturated carbocycles. The normalized spacial score (nSPS) is 20.9. The number of sulfone groups is 1. The zero-order valence-electron chi connectivity index (χ0n) is 11.6. The van der Waals surface area contributed by atoms with Gasteiger partial charge in [-0.25, -0.2) is 8.42 Å². The lowest BCUT2D eigenvalue weighted by Crippen LogP contribution is -2.21. The number of fused-ring (bicyclic) bond motifs is 1. The van der Waals surface area contributed by atoms with Gasteiger partial charge in [0, 0.05) is 12.5 Å². The number of hydrogen-bond acceptors (Lipinski definition) is 3. The van der Waals surface area contributed by atoms with Crippen molar-refractivity contribution in [1.82, 2.24) is 0 Å². The van der Waals surface area contributed by atoms with Crippen LogP contribution in [0.15, 0.2) is 59.5 Å². The molecular formula is C17H18O3S. The highest BCUT2D eigenvalue weighted by atomic mass is 32.2. The second kappa shape index (κ2) is 5.62. The van der Waals surface area contributed by atoms with Crippen LogP contribution in [0.25, 0.3) is 0 Å². The van der Waals surface area contributed by atoms with Gasteiger partial charge in [0.15, 0.2) is 9.84 Å². The third kappa shape index (κ3) is 2.74. The lowest BCUT2D eigenvalue weighted by atomic mass is 9.84. The van der Waals surface area contributed by atoms with Crippen molar-refractivity contribution in [3.63, 3.8) is 0 Å². The average molecular weight is 302 g/mol. The van der Waals surface area contributed by atoms with Gasteiger partial charge in [0.05, 0.1) is 10.6 Å². The summed E-state index contributed by atoms with van der Waals surface area (Å²) in [5.41, 5.74) is 1.98. The zero-order valence-corrected chi connectivity index (χ0v) is 12.5. The lowest BCUT2D eigenvalue weighted by molar-refractivity contribution is 0.208. The van der Waals surface area contributed by atoms with Gasteiger partial charge in [-0.2, -0.15) is 0 Å². The van der Waals surface area contributed by atoms with Crippen molar-refractivity contribution in [3.8, 4) is 0 Å². The second-order valence-corrected chi connectivity index (χ2v) is 7.56. The van der Waals surface area contributed by atoms with E-state index in [4.69, 9.17) is 0 Å². The highest BCUT2D eigenvalue weighted by Crippen LogP contribution is 2.40. The average Bonchev–Trinajstić information content (AvgIpc) is 2.78. The van der Waals surface area contributed by atoms with Crippen LogP contribution in [0.1, 0.15) is 17.0 Å². The van der Waals surface area contributed by atoms with Gasteiger partial charge in [0.25, 0.3) is 0 Å². The summed E-state index contributed by atoms with van der Waals surface area (Å²) in [6.45, 7) is -0.0105. The van der Waals surface area contributed by atoms with E-state index in [1.54, 1.807) is 12.1 Å². The molecule has 0 radical (unpaired) electrons. The molecule has 0 bridgehead atoms. The van der Waals surface area contributed by atoms with Crippen LogP contribution in [-0.4, -0.2) is 25.9 Å². The van der Waals surface area contributed by atoms with Crippen LogP contribution in [-0.2, 0) is 16.3 Å². The number of aliphatic hydroxyl groups excluding tert-OH is 1. The molecule has 21 heavy (non-hydrogen) atoms. The maximum absolute atomic E-state index is 12.3. The summed E-state index contributed by atoms with van der Waals surface area (Å²) in [6, 6.07) is 17.1. The first-order valence-corrected chi connectivity index (χ1v) is 8.73. The van der Waals surface area contributed by atoms with E-state index in [1.807, 2.05) is 42.5 Å². The Hall–Kier alpha value is -1.65. The molecule has 2 aromatic carbocycles. The molecule has 2 aromatic rings. The van der Waals surface area contributed by atoms with Gasteiger partial charge in [-0.05, 0) is 29.5 Å². The Balaban J connectivity index is 1.93. The molecule has 0 aromatic heterocycles. The molecule has 0 amide bonds. The lowest BCUT2D eigenvalue weighted by Gasteiger charge is -2.21. The molecule has 4 heteroatoms. The summed E-state index contributed by atoms with van der Waals surface area (Å²) < 4.78 is 24.5. The molecule has 1 N–H and O–H groups in total. The number of aliphatic hydroxyl groups is 1. The Morgan fingerprint density at radius 2 is 1.71 bits per heavy atom. The van der Waals surface area contributed by atoms with Gasteiger partial charge in [-0.1, -0.05) is 48.5 Å². The van der Waals surface area contributed by atoms with Gasteiger partial charge in [-0.15, -0.1) is 0 Å². The van der Waals surface area contributed by atoms with E-state index >= 15 is 0 Å². The largest absolute Gasteiger partial charge is 0.396 e. The van der Waals surface area contributed by atoms with Crippen LogP contribution in [0.2, 0.25) is 0 Å². The molecule has 1 heterocycles. The SMILES string of the molecule is O=S1(=O)CC(C(CO)Cc2ccccc2)c2ccccc21. The van der Waals surface area contributed by atoms with Crippen LogP contribution in [0.5, 0.6) is 0 Å². The van der Waals surface area contributed by atoms with Crippen LogP contribution < -0.4 is 0 Å². The Morgan fingerprint density at radius 1 is 1.05 bits per heavy atom. The molecule has 110 valence electrons. The van der Waals surface area contributed by atoms with Gasteiger partial charge in [0.2, 0.25) is 0 Å². The zero-order chi connectivity index (χ0) is 14.9. The number of hydrogen-bond donors (Lipinski definition) is 1. The number of benzene rings is 2. The summed E-state index contributed by atoms with van der Waals surface area (Å²) in [5.74, 6) is -0.105. The molecule has 2 unspecified atom stereocenters. The Labute approximate surface area is 125 Å².